The van der Waals surface area contributed by atoms with E-state index in [1.54, 1.807) is 41.0 Å². The highest BCUT2D eigenvalue weighted by Gasteiger charge is 2.30. The SMILES string of the molecule is Cc1nc(SCC(=O)O)c2cc(C#CCNC(=O)COCCN3CCN(CC4CCN(CC(=O)N5CCN(C(=O)c6cc(CC(=N)c7ccccc7C(N)=O)ccc6F)CC5)CC4)CC3)sc2n1. The summed E-state index contributed by atoms with van der Waals surface area (Å²) >= 11 is 2.55. The Labute approximate surface area is 403 Å². The number of piperazine rings is 2. The van der Waals surface area contributed by atoms with E-state index >= 15 is 0 Å². The van der Waals surface area contributed by atoms with Gasteiger partial charge >= 0.3 is 5.97 Å². The summed E-state index contributed by atoms with van der Waals surface area (Å²) in [6, 6.07) is 12.6. The molecule has 3 fully saturated rings. The molecule has 3 aliphatic rings. The molecule has 0 unspecified atom stereocenters. The van der Waals surface area contributed by atoms with E-state index < -0.39 is 23.6 Å². The van der Waals surface area contributed by atoms with Gasteiger partial charge in [-0.25, -0.2) is 14.4 Å². The number of carbonyl (C=O) groups excluding carboxylic acids is 4. The van der Waals surface area contributed by atoms with Crippen LogP contribution >= 0.6 is 23.1 Å². The van der Waals surface area contributed by atoms with Crippen molar-refractivity contribution in [1.29, 1.82) is 5.41 Å². The van der Waals surface area contributed by atoms with Crippen LogP contribution in [0.3, 0.4) is 0 Å². The molecule has 17 nitrogen and oxygen atoms in total. The molecule has 2 aromatic heterocycles. The summed E-state index contributed by atoms with van der Waals surface area (Å²) in [4.78, 5) is 82.8. The molecule has 5 heterocycles. The highest BCUT2D eigenvalue weighted by atomic mass is 32.2. The average molecular weight is 969 g/mol. The Kier molecular flexibility index (Phi) is 17.6. The molecule has 68 heavy (non-hydrogen) atoms. The molecule has 3 saturated heterocycles. The summed E-state index contributed by atoms with van der Waals surface area (Å²) < 4.78 is 20.6. The fourth-order valence-electron chi connectivity index (χ4n) is 8.60. The number of thiophene rings is 1. The van der Waals surface area contributed by atoms with Gasteiger partial charge in [0.2, 0.25) is 17.7 Å². The number of hydrogen-bond acceptors (Lipinski definition) is 14. The lowest BCUT2D eigenvalue weighted by atomic mass is 9.96. The number of carbonyl (C=O) groups is 5. The van der Waals surface area contributed by atoms with Gasteiger partial charge in [0.05, 0.1) is 35.9 Å². The molecule has 0 radical (unpaired) electrons. The molecular weight excluding hydrogens is 912 g/mol. The van der Waals surface area contributed by atoms with Crippen molar-refractivity contribution >= 4 is 68.6 Å². The van der Waals surface area contributed by atoms with Crippen LogP contribution < -0.4 is 11.1 Å². The van der Waals surface area contributed by atoms with Gasteiger partial charge in [0, 0.05) is 94.1 Å². The number of fused-ring (bicyclic) bond motifs is 1. The Morgan fingerprint density at radius 3 is 2.34 bits per heavy atom. The maximum absolute atomic E-state index is 15.0. The molecule has 5 N–H and O–H groups in total. The first-order valence-corrected chi connectivity index (χ1v) is 24.5. The summed E-state index contributed by atoms with van der Waals surface area (Å²) in [6.07, 6.45) is 2.13. The van der Waals surface area contributed by atoms with Gasteiger partial charge in [-0.05, 0) is 68.6 Å². The van der Waals surface area contributed by atoms with Crippen molar-refractivity contribution < 1.29 is 38.2 Å². The number of benzene rings is 2. The number of thioether (sulfide) groups is 1. The molecule has 4 amide bonds. The fraction of sp³-hybridized carbons (Fsp3) is 0.458. The lowest BCUT2D eigenvalue weighted by Gasteiger charge is -2.39. The van der Waals surface area contributed by atoms with Crippen molar-refractivity contribution in [2.75, 3.05) is 111 Å². The van der Waals surface area contributed by atoms with Crippen LogP contribution in [0.15, 0.2) is 53.6 Å². The number of ether oxygens (including phenoxy) is 1. The number of piperidine rings is 1. The number of nitrogens with two attached hydrogens (primary N) is 1. The molecule has 3 aliphatic heterocycles. The molecule has 0 aliphatic carbocycles. The van der Waals surface area contributed by atoms with E-state index in [0.717, 1.165) is 92.1 Å². The number of carboxylic acid groups (broad SMARTS) is 1. The van der Waals surface area contributed by atoms with E-state index in [2.05, 4.69) is 41.8 Å². The first-order valence-electron chi connectivity index (χ1n) is 22.7. The second-order valence-corrected chi connectivity index (χ2v) is 19.1. The van der Waals surface area contributed by atoms with Crippen LogP contribution in [0.25, 0.3) is 10.2 Å². The number of nitrogens with one attached hydrogen (secondary N) is 2. The van der Waals surface area contributed by atoms with E-state index in [-0.39, 0.29) is 54.0 Å². The van der Waals surface area contributed by atoms with Gasteiger partial charge < -0.3 is 41.0 Å². The quantitative estimate of drug-likeness (QED) is 0.0372. The maximum atomic E-state index is 15.0. The molecule has 0 spiro atoms. The number of nitrogens with zero attached hydrogens (tertiary/aromatic N) is 7. The molecule has 360 valence electrons. The van der Waals surface area contributed by atoms with E-state index in [9.17, 15) is 28.4 Å². The maximum Gasteiger partial charge on any atom is 0.313 e. The summed E-state index contributed by atoms with van der Waals surface area (Å²) in [5, 5.41) is 21.8. The van der Waals surface area contributed by atoms with Crippen LogP contribution in [0.2, 0.25) is 0 Å². The average Bonchev–Trinajstić information content (AvgIpc) is 3.75. The standard InChI is InChI=1S/C48H57FN10O7S2/c1-32-53-46(67-31-44(62)63)39-27-35(68-47(39)54-32)5-4-12-52-42(60)30-66-24-23-55-15-17-57(18-16-55)28-33-10-13-56(14-11-33)29-43(61)58-19-21-59(22-20-58)48(65)38-25-34(8-9-40(38)49)26-41(50)36-6-2-3-7-37(36)45(51)64/h2-3,6-9,25,27,33,50H,10-24,26,28-31H2,1H3,(H2,51,64)(H,52,60)(H,62,63). The monoisotopic (exact) mass is 968 g/mol. The first-order chi connectivity index (χ1) is 32.8. The Bertz CT molecular complexity index is 2560. The van der Waals surface area contributed by atoms with Gasteiger partial charge in [-0.3, -0.25) is 33.8 Å². The van der Waals surface area contributed by atoms with Crippen LogP contribution in [0.1, 0.15) is 55.4 Å². The Balaban J connectivity index is 0.735. The number of likely N-dealkylation sites (tertiary alicyclic amines) is 1. The summed E-state index contributed by atoms with van der Waals surface area (Å²) in [5.41, 5.74) is 6.71. The summed E-state index contributed by atoms with van der Waals surface area (Å²) in [5.74, 6) is 4.16. The van der Waals surface area contributed by atoms with Crippen LogP contribution in [-0.2, 0) is 25.5 Å². The number of hydrogen-bond donors (Lipinski definition) is 4. The van der Waals surface area contributed by atoms with Gasteiger partial charge in [0.15, 0.2) is 0 Å². The van der Waals surface area contributed by atoms with Crippen molar-refractivity contribution in [2.45, 2.75) is 31.2 Å². The van der Waals surface area contributed by atoms with Gasteiger partial charge in [0.1, 0.15) is 28.1 Å². The number of primary amides is 1. The largest absolute Gasteiger partial charge is 0.481 e. The zero-order valence-electron chi connectivity index (χ0n) is 38.1. The lowest BCUT2D eigenvalue weighted by Crippen LogP contribution is -2.53. The number of aryl methyl sites for hydroxylation is 1. The first kappa shape index (κ1) is 50.1. The highest BCUT2D eigenvalue weighted by molar-refractivity contribution is 8.00. The third-order valence-electron chi connectivity index (χ3n) is 12.3. The zero-order valence-corrected chi connectivity index (χ0v) is 39.8. The van der Waals surface area contributed by atoms with E-state index in [1.807, 2.05) is 6.07 Å². The van der Waals surface area contributed by atoms with Crippen molar-refractivity contribution in [3.8, 4) is 11.8 Å². The minimum Gasteiger partial charge on any atom is -0.481 e. The number of carboxylic acids is 1. The smallest absolute Gasteiger partial charge is 0.313 e. The van der Waals surface area contributed by atoms with Crippen molar-refractivity contribution in [3.63, 3.8) is 0 Å². The van der Waals surface area contributed by atoms with Crippen LogP contribution in [0.5, 0.6) is 0 Å². The number of halogens is 1. The highest BCUT2D eigenvalue weighted by Crippen LogP contribution is 2.31. The minimum absolute atomic E-state index is 0.0334. The Morgan fingerprint density at radius 2 is 1.62 bits per heavy atom. The summed E-state index contributed by atoms with van der Waals surface area (Å²) in [7, 11) is 0. The van der Waals surface area contributed by atoms with Crippen LogP contribution in [0.4, 0.5) is 4.39 Å². The summed E-state index contributed by atoms with van der Waals surface area (Å²) in [6.45, 7) is 11.3. The molecule has 4 aromatic rings. The topological polar surface area (TPSA) is 219 Å². The number of aliphatic carboxylic acids is 1. The van der Waals surface area contributed by atoms with Crippen molar-refractivity contribution in [3.05, 3.63) is 87.3 Å². The van der Waals surface area contributed by atoms with Gasteiger partial charge in [-0.15, -0.1) is 11.3 Å². The lowest BCUT2D eigenvalue weighted by molar-refractivity contribution is -0.135. The molecule has 0 saturated carbocycles. The zero-order chi connectivity index (χ0) is 48.2. The van der Waals surface area contributed by atoms with Crippen molar-refractivity contribution in [1.82, 2.24) is 39.8 Å². The Morgan fingerprint density at radius 1 is 0.912 bits per heavy atom. The minimum atomic E-state index is -0.917. The van der Waals surface area contributed by atoms with E-state index in [4.69, 9.17) is 21.0 Å². The fourth-order valence-corrected chi connectivity index (χ4v) is 10.4. The number of rotatable bonds is 18. The number of aromatic nitrogens is 2. The van der Waals surface area contributed by atoms with Crippen molar-refractivity contribution in [2.24, 2.45) is 11.7 Å². The molecular formula is C48H57FN10O7S2. The molecule has 20 heteroatoms. The van der Waals surface area contributed by atoms with Gasteiger partial charge in [-0.2, -0.15) is 0 Å². The normalized spacial score (nSPS) is 16.3. The van der Waals surface area contributed by atoms with Gasteiger partial charge in [0.25, 0.3) is 5.91 Å². The van der Waals surface area contributed by atoms with Crippen LogP contribution in [-0.4, -0.2) is 185 Å². The predicted octanol–water partition coefficient (Wildman–Crippen LogP) is 2.82. The van der Waals surface area contributed by atoms with Gasteiger partial charge in [-0.1, -0.05) is 47.9 Å². The second-order valence-electron chi connectivity index (χ2n) is 17.1. The second kappa shape index (κ2) is 24.0. The number of amides is 4. The molecule has 0 bridgehead atoms. The third kappa shape index (κ3) is 13.9. The van der Waals surface area contributed by atoms with Crippen LogP contribution in [0, 0.1) is 35.9 Å². The van der Waals surface area contributed by atoms with E-state index in [1.165, 1.54) is 29.5 Å². The third-order valence-corrected chi connectivity index (χ3v) is 14.2. The molecule has 7 rings (SSSR count). The molecule has 2 aromatic carbocycles. The van der Waals surface area contributed by atoms with E-state index in [0.29, 0.717) is 67.2 Å². The predicted molar refractivity (Wildman–Crippen MR) is 258 cm³/mol. The Hall–Kier alpha value is -5.82. The molecule has 0 atom stereocenters.